The number of nitrogens with zero attached hydrogens (tertiary/aromatic N) is 4. The molecule has 3 aromatic rings. The van der Waals surface area contributed by atoms with Crippen LogP contribution in [-0.2, 0) is 6.54 Å². The van der Waals surface area contributed by atoms with Crippen molar-refractivity contribution < 1.29 is 4.79 Å². The maximum Gasteiger partial charge on any atom is 0.251 e. The summed E-state index contributed by atoms with van der Waals surface area (Å²) in [5.41, 5.74) is 2.68. The number of hydrogen-bond acceptors (Lipinski definition) is 4. The highest BCUT2D eigenvalue weighted by Crippen LogP contribution is 2.18. The van der Waals surface area contributed by atoms with Crippen molar-refractivity contribution >= 4 is 11.7 Å². The largest absolute Gasteiger partial charge is 0.357 e. The molecule has 1 saturated heterocycles. The van der Waals surface area contributed by atoms with Gasteiger partial charge in [0.15, 0.2) is 0 Å². The second kappa shape index (κ2) is 7.39. The Morgan fingerprint density at radius 1 is 1.08 bits per heavy atom. The van der Waals surface area contributed by atoms with Crippen molar-refractivity contribution in [3.63, 3.8) is 0 Å². The minimum absolute atomic E-state index is 0.0817. The number of nitrogens with one attached hydrogen (secondary N) is 1. The topological polar surface area (TPSA) is 63.1 Å². The molecule has 1 amide bonds. The third kappa shape index (κ3) is 3.59. The van der Waals surface area contributed by atoms with Crippen LogP contribution in [0.1, 0.15) is 28.8 Å². The first-order valence-corrected chi connectivity index (χ1v) is 8.86. The zero-order chi connectivity index (χ0) is 17.8. The number of aromatic nitrogens is 3. The van der Waals surface area contributed by atoms with Gasteiger partial charge in [-0.2, -0.15) is 0 Å². The van der Waals surface area contributed by atoms with Crippen molar-refractivity contribution in [3.05, 3.63) is 72.4 Å². The molecule has 1 aromatic carbocycles. The molecule has 26 heavy (non-hydrogen) atoms. The molecule has 0 atom stereocenters. The van der Waals surface area contributed by atoms with E-state index in [1.54, 1.807) is 12.5 Å². The predicted molar refractivity (Wildman–Crippen MR) is 100 cm³/mol. The molecule has 0 radical (unpaired) electrons. The molecule has 0 saturated carbocycles. The zero-order valence-electron chi connectivity index (χ0n) is 14.5. The van der Waals surface area contributed by atoms with Gasteiger partial charge in [-0.05, 0) is 54.8 Å². The van der Waals surface area contributed by atoms with Crippen LogP contribution >= 0.6 is 0 Å². The average molecular weight is 347 g/mol. The Kier molecular flexibility index (Phi) is 4.64. The lowest BCUT2D eigenvalue weighted by Crippen LogP contribution is -2.23. The first-order valence-electron chi connectivity index (χ1n) is 8.86. The minimum Gasteiger partial charge on any atom is -0.357 e. The molecule has 2 aromatic heterocycles. The van der Waals surface area contributed by atoms with E-state index in [0.29, 0.717) is 12.1 Å². The molecule has 1 aliphatic heterocycles. The van der Waals surface area contributed by atoms with Crippen molar-refractivity contribution in [1.82, 2.24) is 19.9 Å². The van der Waals surface area contributed by atoms with Crippen molar-refractivity contribution in [2.45, 2.75) is 19.4 Å². The Balaban J connectivity index is 1.38. The lowest BCUT2D eigenvalue weighted by Gasteiger charge is -2.17. The highest BCUT2D eigenvalue weighted by Gasteiger charge is 2.14. The Bertz CT molecular complexity index is 867. The van der Waals surface area contributed by atoms with Crippen LogP contribution in [0.5, 0.6) is 0 Å². The quantitative estimate of drug-likeness (QED) is 0.771. The molecule has 0 bridgehead atoms. The number of carbonyl (C=O) groups excluding carboxylic acids is 1. The first-order chi connectivity index (χ1) is 12.8. The van der Waals surface area contributed by atoms with Gasteiger partial charge in [0.25, 0.3) is 5.91 Å². The van der Waals surface area contributed by atoms with Gasteiger partial charge in [-0.25, -0.2) is 9.97 Å². The number of benzene rings is 1. The molecule has 0 aliphatic carbocycles. The van der Waals surface area contributed by atoms with Gasteiger partial charge in [-0.15, -0.1) is 0 Å². The van der Waals surface area contributed by atoms with Crippen LogP contribution in [0.3, 0.4) is 0 Å². The highest BCUT2D eigenvalue weighted by molar-refractivity contribution is 5.94. The number of anilines is 1. The molecule has 6 heteroatoms. The first kappa shape index (κ1) is 16.3. The van der Waals surface area contributed by atoms with E-state index in [1.807, 2.05) is 47.3 Å². The summed E-state index contributed by atoms with van der Waals surface area (Å²) in [6.07, 6.45) is 9.59. The predicted octanol–water partition coefficient (Wildman–Crippen LogP) is 2.80. The van der Waals surface area contributed by atoms with Gasteiger partial charge in [0, 0.05) is 49.5 Å². The monoisotopic (exact) mass is 347 g/mol. The minimum atomic E-state index is -0.0817. The van der Waals surface area contributed by atoms with Crippen LogP contribution < -0.4 is 10.2 Å². The average Bonchev–Trinajstić information content (AvgIpc) is 3.40. The summed E-state index contributed by atoms with van der Waals surface area (Å²) in [5.74, 6) is 0.917. The number of carbonyl (C=O) groups is 1. The number of pyridine rings is 1. The van der Waals surface area contributed by atoms with Gasteiger partial charge in [-0.3, -0.25) is 4.79 Å². The lowest BCUT2D eigenvalue weighted by atomic mass is 10.2. The van der Waals surface area contributed by atoms with Gasteiger partial charge in [0.2, 0.25) is 0 Å². The van der Waals surface area contributed by atoms with Crippen LogP contribution in [0, 0.1) is 0 Å². The third-order valence-electron chi connectivity index (χ3n) is 4.63. The molecule has 1 N–H and O–H groups in total. The van der Waals surface area contributed by atoms with E-state index in [2.05, 4.69) is 26.3 Å². The summed E-state index contributed by atoms with van der Waals surface area (Å²) in [7, 11) is 0. The lowest BCUT2D eigenvalue weighted by molar-refractivity contribution is 0.0951. The Hall–Kier alpha value is -3.15. The van der Waals surface area contributed by atoms with E-state index in [1.165, 1.54) is 12.8 Å². The van der Waals surface area contributed by atoms with Crippen LogP contribution in [0.2, 0.25) is 0 Å². The van der Waals surface area contributed by atoms with E-state index in [9.17, 15) is 4.79 Å². The second-order valence-corrected chi connectivity index (χ2v) is 6.42. The van der Waals surface area contributed by atoms with Crippen LogP contribution in [0.15, 0.2) is 61.3 Å². The molecule has 1 aliphatic rings. The number of rotatable bonds is 5. The summed E-state index contributed by atoms with van der Waals surface area (Å²) in [6, 6.07) is 11.5. The fourth-order valence-corrected chi connectivity index (χ4v) is 3.17. The Morgan fingerprint density at radius 3 is 2.62 bits per heavy atom. The summed E-state index contributed by atoms with van der Waals surface area (Å²) in [6.45, 7) is 2.61. The van der Waals surface area contributed by atoms with E-state index >= 15 is 0 Å². The molecule has 1 fully saturated rings. The summed E-state index contributed by atoms with van der Waals surface area (Å²) in [5, 5.41) is 2.98. The van der Waals surface area contributed by atoms with Crippen LogP contribution in [0.4, 0.5) is 5.82 Å². The zero-order valence-corrected chi connectivity index (χ0v) is 14.5. The fourth-order valence-electron chi connectivity index (χ4n) is 3.17. The van der Waals surface area contributed by atoms with Crippen LogP contribution in [-0.4, -0.2) is 33.5 Å². The Labute approximate surface area is 152 Å². The van der Waals surface area contributed by atoms with Gasteiger partial charge < -0.3 is 14.8 Å². The maximum atomic E-state index is 12.4. The molecular weight excluding hydrogens is 326 g/mol. The summed E-state index contributed by atoms with van der Waals surface area (Å²) in [4.78, 5) is 23.2. The van der Waals surface area contributed by atoms with E-state index in [0.717, 1.165) is 30.2 Å². The number of amides is 1. The maximum absolute atomic E-state index is 12.4. The van der Waals surface area contributed by atoms with Gasteiger partial charge >= 0.3 is 0 Å². The summed E-state index contributed by atoms with van der Waals surface area (Å²) < 4.78 is 1.90. The molecule has 132 valence electrons. The second-order valence-electron chi connectivity index (χ2n) is 6.42. The van der Waals surface area contributed by atoms with Crippen molar-refractivity contribution in [2.75, 3.05) is 18.0 Å². The molecule has 4 rings (SSSR count). The molecule has 3 heterocycles. The van der Waals surface area contributed by atoms with E-state index < -0.39 is 0 Å². The van der Waals surface area contributed by atoms with Crippen molar-refractivity contribution in [3.8, 4) is 5.69 Å². The molecular formula is C20H21N5O. The van der Waals surface area contributed by atoms with Crippen LogP contribution in [0.25, 0.3) is 5.69 Å². The number of hydrogen-bond donors (Lipinski definition) is 1. The van der Waals surface area contributed by atoms with Crippen molar-refractivity contribution in [1.29, 1.82) is 0 Å². The van der Waals surface area contributed by atoms with Crippen molar-refractivity contribution in [2.24, 2.45) is 0 Å². The van der Waals surface area contributed by atoms with Gasteiger partial charge in [0.05, 0.1) is 6.33 Å². The van der Waals surface area contributed by atoms with Gasteiger partial charge in [-0.1, -0.05) is 0 Å². The highest BCUT2D eigenvalue weighted by atomic mass is 16.1. The smallest absolute Gasteiger partial charge is 0.251 e. The Morgan fingerprint density at radius 2 is 1.88 bits per heavy atom. The normalized spacial score (nSPS) is 13.8. The third-order valence-corrected chi connectivity index (χ3v) is 4.63. The number of imidazole rings is 1. The molecule has 6 nitrogen and oxygen atoms in total. The van der Waals surface area contributed by atoms with E-state index in [-0.39, 0.29) is 5.91 Å². The molecule has 0 spiro atoms. The standard InChI is InChI=1S/C20H21N5O/c26-20(17-3-5-18(6-4-17)25-12-9-21-15-25)23-14-16-7-8-22-19(13-16)24-10-1-2-11-24/h3-9,12-13,15H,1-2,10-11,14H2,(H,23,26). The molecule has 0 unspecified atom stereocenters. The SMILES string of the molecule is O=C(NCc1ccnc(N2CCCC2)c1)c1ccc(-n2ccnc2)cc1. The summed E-state index contributed by atoms with van der Waals surface area (Å²) >= 11 is 0. The fraction of sp³-hybridized carbons (Fsp3) is 0.250. The van der Waals surface area contributed by atoms with E-state index in [4.69, 9.17) is 0 Å². The van der Waals surface area contributed by atoms with Gasteiger partial charge in [0.1, 0.15) is 5.82 Å².